The van der Waals surface area contributed by atoms with Crippen LogP contribution in [0.2, 0.25) is 0 Å². The smallest absolute Gasteiger partial charge is 0.0575 e. The molecular formula is C17H19N3. The van der Waals surface area contributed by atoms with Gasteiger partial charge in [-0.25, -0.2) is 0 Å². The molecule has 4 N–H and O–H groups in total. The predicted octanol–water partition coefficient (Wildman–Crippen LogP) is 3.57. The highest BCUT2D eigenvalue weighted by Crippen LogP contribution is 2.30. The number of nitrogens with one attached hydrogen (secondary N) is 2. The zero-order valence-corrected chi connectivity index (χ0v) is 11.8. The van der Waals surface area contributed by atoms with Crippen molar-refractivity contribution in [2.45, 2.75) is 13.0 Å². The summed E-state index contributed by atoms with van der Waals surface area (Å²) in [7, 11) is 1.92. The second-order valence-electron chi connectivity index (χ2n) is 5.06. The summed E-state index contributed by atoms with van der Waals surface area (Å²) in [5.74, 6) is 0. The summed E-state index contributed by atoms with van der Waals surface area (Å²) in [4.78, 5) is 3.41. The van der Waals surface area contributed by atoms with Crippen molar-refractivity contribution in [2.75, 3.05) is 12.4 Å². The summed E-state index contributed by atoms with van der Waals surface area (Å²) in [5, 5.41) is 4.33. The largest absolute Gasteiger partial charge is 0.388 e. The number of aromatic nitrogens is 1. The second-order valence-corrected chi connectivity index (χ2v) is 5.06. The van der Waals surface area contributed by atoms with Gasteiger partial charge in [0.2, 0.25) is 0 Å². The maximum Gasteiger partial charge on any atom is 0.0575 e. The average molecular weight is 265 g/mol. The minimum absolute atomic E-state index is 0.114. The van der Waals surface area contributed by atoms with E-state index in [0.717, 1.165) is 22.5 Å². The first kappa shape index (κ1) is 12.8. The van der Waals surface area contributed by atoms with Gasteiger partial charge in [-0.1, -0.05) is 30.3 Å². The molecule has 0 amide bonds. The highest BCUT2D eigenvalue weighted by molar-refractivity contribution is 5.85. The molecule has 1 unspecified atom stereocenters. The number of H-pyrrole nitrogens is 1. The lowest BCUT2D eigenvalue weighted by Crippen LogP contribution is -2.12. The zero-order chi connectivity index (χ0) is 14.1. The van der Waals surface area contributed by atoms with Gasteiger partial charge in [-0.3, -0.25) is 0 Å². The van der Waals surface area contributed by atoms with Gasteiger partial charge < -0.3 is 16.0 Å². The lowest BCUT2D eigenvalue weighted by Gasteiger charge is -2.14. The third kappa shape index (κ3) is 2.06. The molecule has 3 heteroatoms. The van der Waals surface area contributed by atoms with E-state index in [1.807, 2.05) is 13.1 Å². The van der Waals surface area contributed by atoms with Gasteiger partial charge in [0.05, 0.1) is 6.04 Å². The van der Waals surface area contributed by atoms with E-state index < -0.39 is 0 Å². The number of benzene rings is 2. The van der Waals surface area contributed by atoms with Crippen molar-refractivity contribution in [2.24, 2.45) is 5.73 Å². The van der Waals surface area contributed by atoms with Crippen LogP contribution in [0.3, 0.4) is 0 Å². The summed E-state index contributed by atoms with van der Waals surface area (Å²) in [6, 6.07) is 16.5. The molecule has 3 nitrogen and oxygen atoms in total. The van der Waals surface area contributed by atoms with Crippen molar-refractivity contribution in [1.82, 2.24) is 4.98 Å². The third-order valence-electron chi connectivity index (χ3n) is 3.81. The average Bonchev–Trinajstić information content (AvgIpc) is 2.82. The molecule has 3 aromatic rings. The van der Waals surface area contributed by atoms with Crippen LogP contribution in [0.5, 0.6) is 0 Å². The first-order valence-corrected chi connectivity index (χ1v) is 6.81. The van der Waals surface area contributed by atoms with E-state index in [9.17, 15) is 0 Å². The normalized spacial score (nSPS) is 12.6. The Balaban J connectivity index is 2.07. The number of hydrogen-bond donors (Lipinski definition) is 3. The van der Waals surface area contributed by atoms with Crippen LogP contribution in [0.15, 0.2) is 48.5 Å². The molecule has 2 aromatic carbocycles. The Labute approximate surface area is 118 Å². The van der Waals surface area contributed by atoms with Crippen LogP contribution in [0.1, 0.15) is 22.9 Å². The van der Waals surface area contributed by atoms with Gasteiger partial charge in [0.15, 0.2) is 0 Å². The second kappa shape index (κ2) is 5.02. The number of aryl methyl sites for hydroxylation is 1. The molecule has 1 aromatic heterocycles. The van der Waals surface area contributed by atoms with Crippen LogP contribution in [-0.2, 0) is 0 Å². The molecule has 20 heavy (non-hydrogen) atoms. The molecule has 0 aliphatic heterocycles. The first-order chi connectivity index (χ1) is 9.70. The Morgan fingerprint density at radius 2 is 1.75 bits per heavy atom. The van der Waals surface area contributed by atoms with Crippen LogP contribution in [-0.4, -0.2) is 12.0 Å². The van der Waals surface area contributed by atoms with Crippen molar-refractivity contribution in [3.05, 3.63) is 65.4 Å². The SMILES string of the molecule is CNc1ccc(C(N)c2c(C)[nH]c3ccccc23)cc1. The van der Waals surface area contributed by atoms with E-state index in [1.54, 1.807) is 0 Å². The maximum absolute atomic E-state index is 6.48. The van der Waals surface area contributed by atoms with E-state index in [1.165, 1.54) is 10.9 Å². The summed E-state index contributed by atoms with van der Waals surface area (Å²) < 4.78 is 0. The van der Waals surface area contributed by atoms with Crippen molar-refractivity contribution < 1.29 is 0 Å². The first-order valence-electron chi connectivity index (χ1n) is 6.81. The Kier molecular flexibility index (Phi) is 3.20. The summed E-state index contributed by atoms with van der Waals surface area (Å²) in [6.45, 7) is 2.08. The molecule has 0 aliphatic carbocycles. The number of nitrogens with two attached hydrogens (primary N) is 1. The zero-order valence-electron chi connectivity index (χ0n) is 11.8. The van der Waals surface area contributed by atoms with Gasteiger partial charge >= 0.3 is 0 Å². The number of para-hydroxylation sites is 1. The molecule has 0 aliphatic rings. The van der Waals surface area contributed by atoms with Gasteiger partial charge in [-0.15, -0.1) is 0 Å². The van der Waals surface area contributed by atoms with Crippen LogP contribution >= 0.6 is 0 Å². The summed E-state index contributed by atoms with van der Waals surface area (Å²) in [5.41, 5.74) is 12.2. The van der Waals surface area contributed by atoms with Crippen molar-refractivity contribution >= 4 is 16.6 Å². The molecule has 3 rings (SSSR count). The summed E-state index contributed by atoms with van der Waals surface area (Å²) >= 11 is 0. The lowest BCUT2D eigenvalue weighted by atomic mass is 9.97. The quantitative estimate of drug-likeness (QED) is 0.678. The van der Waals surface area contributed by atoms with Crippen LogP contribution in [0.4, 0.5) is 5.69 Å². The Hall–Kier alpha value is -2.26. The van der Waals surface area contributed by atoms with Crippen molar-refractivity contribution in [3.63, 3.8) is 0 Å². The van der Waals surface area contributed by atoms with E-state index in [-0.39, 0.29) is 6.04 Å². The minimum Gasteiger partial charge on any atom is -0.388 e. The molecule has 0 saturated carbocycles. The van der Waals surface area contributed by atoms with E-state index in [2.05, 4.69) is 59.7 Å². The fraction of sp³-hybridized carbons (Fsp3) is 0.176. The van der Waals surface area contributed by atoms with Crippen LogP contribution < -0.4 is 11.1 Å². The topological polar surface area (TPSA) is 53.8 Å². The van der Waals surface area contributed by atoms with E-state index in [0.29, 0.717) is 0 Å². The van der Waals surface area contributed by atoms with E-state index >= 15 is 0 Å². The van der Waals surface area contributed by atoms with Gasteiger partial charge in [0.25, 0.3) is 0 Å². The fourth-order valence-electron chi connectivity index (χ4n) is 2.72. The van der Waals surface area contributed by atoms with Crippen LogP contribution in [0.25, 0.3) is 10.9 Å². The maximum atomic E-state index is 6.48. The minimum atomic E-state index is -0.114. The highest BCUT2D eigenvalue weighted by Gasteiger charge is 2.16. The third-order valence-corrected chi connectivity index (χ3v) is 3.81. The monoisotopic (exact) mass is 265 g/mol. The van der Waals surface area contributed by atoms with Gasteiger partial charge in [-0.05, 0) is 30.7 Å². The molecular weight excluding hydrogens is 246 g/mol. The number of fused-ring (bicyclic) bond motifs is 1. The molecule has 0 spiro atoms. The molecule has 102 valence electrons. The molecule has 0 radical (unpaired) electrons. The van der Waals surface area contributed by atoms with Gasteiger partial charge in [0, 0.05) is 34.9 Å². The number of rotatable bonds is 3. The molecule has 0 saturated heterocycles. The standard InChI is InChI=1S/C17H19N3/c1-11-16(14-5-3-4-6-15(14)20-11)17(18)12-7-9-13(19-2)10-8-12/h3-10,17,19-20H,18H2,1-2H3. The van der Waals surface area contributed by atoms with Crippen molar-refractivity contribution in [1.29, 1.82) is 0 Å². The Bertz CT molecular complexity index is 726. The summed E-state index contributed by atoms with van der Waals surface area (Å²) in [6.07, 6.45) is 0. The molecule has 0 fully saturated rings. The molecule has 1 heterocycles. The Morgan fingerprint density at radius 3 is 2.45 bits per heavy atom. The number of anilines is 1. The van der Waals surface area contributed by atoms with Crippen LogP contribution in [0, 0.1) is 6.92 Å². The Morgan fingerprint density at radius 1 is 1.05 bits per heavy atom. The lowest BCUT2D eigenvalue weighted by molar-refractivity contribution is 0.868. The fourth-order valence-corrected chi connectivity index (χ4v) is 2.72. The van der Waals surface area contributed by atoms with E-state index in [4.69, 9.17) is 5.73 Å². The predicted molar refractivity (Wildman–Crippen MR) is 85.1 cm³/mol. The molecule has 0 bridgehead atoms. The number of hydrogen-bond acceptors (Lipinski definition) is 2. The number of aromatic amines is 1. The highest BCUT2D eigenvalue weighted by atomic mass is 14.8. The molecule has 1 atom stereocenters. The van der Waals surface area contributed by atoms with Gasteiger partial charge in [0.1, 0.15) is 0 Å². The van der Waals surface area contributed by atoms with Gasteiger partial charge in [-0.2, -0.15) is 0 Å². The van der Waals surface area contributed by atoms with Crippen molar-refractivity contribution in [3.8, 4) is 0 Å².